The van der Waals surface area contributed by atoms with Crippen molar-refractivity contribution in [2.24, 2.45) is 0 Å². The van der Waals surface area contributed by atoms with Crippen LogP contribution in [-0.2, 0) is 0 Å². The predicted octanol–water partition coefficient (Wildman–Crippen LogP) is 9.46. The van der Waals surface area contributed by atoms with Gasteiger partial charge in [-0.05, 0) is 57.9 Å². The number of rotatable bonds is 1. The Morgan fingerprint density at radius 1 is 0.441 bits per heavy atom. The van der Waals surface area contributed by atoms with Crippen molar-refractivity contribution in [1.29, 1.82) is 0 Å². The highest BCUT2D eigenvalue weighted by Gasteiger charge is 2.17. The zero-order valence-electron chi connectivity index (χ0n) is 18.3. The second-order valence-electron chi connectivity index (χ2n) is 8.98. The lowest BCUT2D eigenvalue weighted by Gasteiger charge is -2.09. The first kappa shape index (κ1) is 18.3. The molecule has 0 aliphatic rings. The fourth-order valence-electron chi connectivity index (χ4n) is 5.68. The lowest BCUT2D eigenvalue weighted by molar-refractivity contribution is 1.19. The maximum atomic E-state index is 2.45. The number of hydrogen-bond donors (Lipinski definition) is 0. The summed E-state index contributed by atoms with van der Waals surface area (Å²) in [4.78, 5) is 0. The van der Waals surface area contributed by atoms with Gasteiger partial charge in [0.05, 0.1) is 11.0 Å². The van der Waals surface area contributed by atoms with Crippen molar-refractivity contribution in [1.82, 2.24) is 4.57 Å². The van der Waals surface area contributed by atoms with Crippen molar-refractivity contribution in [2.45, 2.75) is 0 Å². The molecule has 0 saturated heterocycles. The first-order chi connectivity index (χ1) is 16.9. The standard InChI is InChI=1S/C32H19NS/c1-3-9-23-20(7-1)13-16-27-31(23)32-24-10-4-2-8-21(24)14-17-28(32)33(27)22-15-18-30-26(19-22)25-11-5-6-12-29(25)34-30/h1-19H. The number of hydrogen-bond acceptors (Lipinski definition) is 1. The van der Waals surface area contributed by atoms with E-state index in [0.29, 0.717) is 0 Å². The molecule has 0 unspecified atom stereocenters. The number of thiophene rings is 1. The molecule has 0 atom stereocenters. The normalized spacial score (nSPS) is 12.1. The molecule has 158 valence electrons. The molecule has 0 aliphatic heterocycles. The molecule has 2 heterocycles. The van der Waals surface area contributed by atoms with Crippen molar-refractivity contribution in [3.63, 3.8) is 0 Å². The van der Waals surface area contributed by atoms with Gasteiger partial charge < -0.3 is 4.57 Å². The first-order valence-electron chi connectivity index (χ1n) is 11.6. The Balaban J connectivity index is 1.59. The third-order valence-corrected chi connectivity index (χ3v) is 8.32. The minimum atomic E-state index is 1.21. The van der Waals surface area contributed by atoms with Gasteiger partial charge in [-0.3, -0.25) is 0 Å². The monoisotopic (exact) mass is 449 g/mol. The SMILES string of the molecule is c1ccc2c(c1)ccc1c2c2c3ccccc3ccc2n1-c1ccc2sc3ccccc3c2c1. The summed E-state index contributed by atoms with van der Waals surface area (Å²) < 4.78 is 5.13. The van der Waals surface area contributed by atoms with Crippen LogP contribution in [0, 0.1) is 0 Å². The molecular formula is C32H19NS. The maximum absolute atomic E-state index is 2.45. The highest BCUT2D eigenvalue weighted by molar-refractivity contribution is 7.25. The second-order valence-corrected chi connectivity index (χ2v) is 10.1. The summed E-state index contributed by atoms with van der Waals surface area (Å²) in [5.74, 6) is 0. The smallest absolute Gasteiger partial charge is 0.0547 e. The van der Waals surface area contributed by atoms with Gasteiger partial charge in [0.25, 0.3) is 0 Å². The van der Waals surface area contributed by atoms with Crippen LogP contribution in [0.3, 0.4) is 0 Å². The molecule has 0 radical (unpaired) electrons. The largest absolute Gasteiger partial charge is 0.309 e. The lowest BCUT2D eigenvalue weighted by atomic mass is 10.00. The van der Waals surface area contributed by atoms with E-state index in [9.17, 15) is 0 Å². The van der Waals surface area contributed by atoms with Crippen molar-refractivity contribution >= 4 is 74.9 Å². The third kappa shape index (κ3) is 2.38. The third-order valence-electron chi connectivity index (χ3n) is 7.16. The number of aromatic nitrogens is 1. The van der Waals surface area contributed by atoms with Gasteiger partial charge in [0.1, 0.15) is 0 Å². The van der Waals surface area contributed by atoms with E-state index < -0.39 is 0 Å². The molecule has 0 fully saturated rings. The zero-order chi connectivity index (χ0) is 22.2. The van der Waals surface area contributed by atoms with Crippen LogP contribution in [0.25, 0.3) is 69.2 Å². The second kappa shape index (κ2) is 6.69. The van der Waals surface area contributed by atoms with Gasteiger partial charge in [0.15, 0.2) is 0 Å². The van der Waals surface area contributed by atoms with E-state index in [4.69, 9.17) is 0 Å². The molecule has 0 bridgehead atoms. The van der Waals surface area contributed by atoms with Crippen LogP contribution in [0.15, 0.2) is 115 Å². The fraction of sp³-hybridized carbons (Fsp3) is 0. The van der Waals surface area contributed by atoms with Crippen LogP contribution < -0.4 is 0 Å². The van der Waals surface area contributed by atoms with E-state index in [1.54, 1.807) is 0 Å². The number of fused-ring (bicyclic) bond motifs is 10. The molecular weight excluding hydrogens is 430 g/mol. The van der Waals surface area contributed by atoms with E-state index in [1.807, 2.05) is 11.3 Å². The summed E-state index contributed by atoms with van der Waals surface area (Å²) in [5.41, 5.74) is 3.72. The fourth-order valence-corrected chi connectivity index (χ4v) is 6.77. The molecule has 0 saturated carbocycles. The molecule has 34 heavy (non-hydrogen) atoms. The van der Waals surface area contributed by atoms with Gasteiger partial charge in [0.2, 0.25) is 0 Å². The van der Waals surface area contributed by atoms with Crippen LogP contribution in [0.2, 0.25) is 0 Å². The highest BCUT2D eigenvalue weighted by Crippen LogP contribution is 2.42. The summed E-state index contributed by atoms with van der Waals surface area (Å²) in [6, 6.07) is 42.3. The summed E-state index contributed by atoms with van der Waals surface area (Å²) in [6.45, 7) is 0. The van der Waals surface area contributed by atoms with E-state index in [-0.39, 0.29) is 0 Å². The Labute approximate surface area is 200 Å². The molecule has 0 amide bonds. The molecule has 6 aromatic carbocycles. The van der Waals surface area contributed by atoms with Crippen molar-refractivity contribution in [3.8, 4) is 5.69 Å². The number of benzene rings is 6. The summed E-state index contributed by atoms with van der Waals surface area (Å²) >= 11 is 1.87. The average Bonchev–Trinajstić information content (AvgIpc) is 3.44. The van der Waals surface area contributed by atoms with Gasteiger partial charge in [0, 0.05) is 36.6 Å². The predicted molar refractivity (Wildman–Crippen MR) is 149 cm³/mol. The molecule has 8 rings (SSSR count). The molecule has 0 aliphatic carbocycles. The van der Waals surface area contributed by atoms with E-state index in [2.05, 4.69) is 120 Å². The van der Waals surface area contributed by atoms with Crippen molar-refractivity contribution in [2.75, 3.05) is 0 Å². The van der Waals surface area contributed by atoms with Crippen LogP contribution in [0.5, 0.6) is 0 Å². The zero-order valence-corrected chi connectivity index (χ0v) is 19.1. The van der Waals surface area contributed by atoms with E-state index in [0.717, 1.165) is 0 Å². The summed E-state index contributed by atoms with van der Waals surface area (Å²) in [7, 11) is 0. The van der Waals surface area contributed by atoms with Crippen LogP contribution in [0.1, 0.15) is 0 Å². The highest BCUT2D eigenvalue weighted by atomic mass is 32.1. The van der Waals surface area contributed by atoms with Gasteiger partial charge in [-0.1, -0.05) is 78.9 Å². The molecule has 0 spiro atoms. The first-order valence-corrected chi connectivity index (χ1v) is 12.4. The maximum Gasteiger partial charge on any atom is 0.0547 e. The Morgan fingerprint density at radius 2 is 1.00 bits per heavy atom. The Bertz CT molecular complexity index is 1980. The Kier molecular flexibility index (Phi) is 3.60. The summed E-state index contributed by atoms with van der Waals surface area (Å²) in [5, 5.41) is 10.5. The Hall–Kier alpha value is -4.14. The minimum absolute atomic E-state index is 1.21. The van der Waals surface area contributed by atoms with Gasteiger partial charge in [-0.25, -0.2) is 0 Å². The van der Waals surface area contributed by atoms with Crippen LogP contribution >= 0.6 is 11.3 Å². The average molecular weight is 450 g/mol. The van der Waals surface area contributed by atoms with Gasteiger partial charge >= 0.3 is 0 Å². The van der Waals surface area contributed by atoms with Gasteiger partial charge in [-0.2, -0.15) is 0 Å². The van der Waals surface area contributed by atoms with Crippen molar-refractivity contribution < 1.29 is 0 Å². The summed E-state index contributed by atoms with van der Waals surface area (Å²) in [6.07, 6.45) is 0. The Morgan fingerprint density at radius 3 is 1.68 bits per heavy atom. The molecule has 2 heteroatoms. The number of nitrogens with zero attached hydrogens (tertiary/aromatic N) is 1. The molecule has 8 aromatic rings. The lowest BCUT2D eigenvalue weighted by Crippen LogP contribution is -1.93. The van der Waals surface area contributed by atoms with Gasteiger partial charge in [-0.15, -0.1) is 11.3 Å². The molecule has 1 nitrogen and oxygen atoms in total. The quantitative estimate of drug-likeness (QED) is 0.235. The molecule has 0 N–H and O–H groups in total. The molecule has 2 aromatic heterocycles. The van der Waals surface area contributed by atoms with Crippen LogP contribution in [-0.4, -0.2) is 4.57 Å². The van der Waals surface area contributed by atoms with E-state index in [1.165, 1.54) is 69.2 Å². The van der Waals surface area contributed by atoms with Crippen LogP contribution in [0.4, 0.5) is 0 Å². The minimum Gasteiger partial charge on any atom is -0.309 e. The van der Waals surface area contributed by atoms with E-state index >= 15 is 0 Å². The van der Waals surface area contributed by atoms with Crippen molar-refractivity contribution in [3.05, 3.63) is 115 Å². The topological polar surface area (TPSA) is 4.93 Å².